The topological polar surface area (TPSA) is 122 Å². The van der Waals surface area contributed by atoms with Crippen LogP contribution in [0.4, 0.5) is 25.8 Å². The van der Waals surface area contributed by atoms with E-state index in [-0.39, 0.29) is 24.5 Å². The molecule has 0 unspecified atom stereocenters. The van der Waals surface area contributed by atoms with Crippen molar-refractivity contribution >= 4 is 27.1 Å². The van der Waals surface area contributed by atoms with E-state index in [1.54, 1.807) is 0 Å². The van der Waals surface area contributed by atoms with Crippen LogP contribution >= 0.6 is 0 Å². The standard InChI is InChI=1S/C14H13F2N3O5S/c15-10-2-1-3-11(16)14(10)25(23,24)18-13-8-9(19(21)22)4-5-12(13)17-6-7-20/h1-5,8,17-18,20H,6-7H2. The smallest absolute Gasteiger partial charge is 0.271 e. The van der Waals surface area contributed by atoms with Gasteiger partial charge in [-0.3, -0.25) is 14.8 Å². The van der Waals surface area contributed by atoms with Gasteiger partial charge in [-0.1, -0.05) is 6.07 Å². The molecule has 0 aliphatic rings. The number of aliphatic hydroxyl groups is 1. The van der Waals surface area contributed by atoms with Crippen molar-refractivity contribution in [1.82, 2.24) is 0 Å². The average molecular weight is 373 g/mol. The fourth-order valence-electron chi connectivity index (χ4n) is 2.01. The maximum atomic E-state index is 13.7. The molecule has 0 bridgehead atoms. The second-order valence-corrected chi connectivity index (χ2v) is 6.41. The molecule has 0 atom stereocenters. The molecule has 0 saturated heterocycles. The first-order valence-electron chi connectivity index (χ1n) is 6.86. The molecule has 0 aliphatic heterocycles. The van der Waals surface area contributed by atoms with Crippen LogP contribution in [0.3, 0.4) is 0 Å². The van der Waals surface area contributed by atoms with Crippen LogP contribution in [0.1, 0.15) is 0 Å². The van der Waals surface area contributed by atoms with E-state index in [0.717, 1.165) is 30.3 Å². The average Bonchev–Trinajstić information content (AvgIpc) is 2.52. The van der Waals surface area contributed by atoms with E-state index in [1.165, 1.54) is 6.07 Å². The third kappa shape index (κ3) is 4.19. The second kappa shape index (κ2) is 7.40. The summed E-state index contributed by atoms with van der Waals surface area (Å²) in [6.45, 7) is -0.258. The zero-order valence-corrected chi connectivity index (χ0v) is 13.4. The van der Waals surface area contributed by atoms with E-state index >= 15 is 0 Å². The monoisotopic (exact) mass is 373 g/mol. The minimum atomic E-state index is -4.69. The summed E-state index contributed by atoms with van der Waals surface area (Å²) >= 11 is 0. The Bertz CT molecular complexity index is 885. The number of benzene rings is 2. The highest BCUT2D eigenvalue weighted by Gasteiger charge is 2.25. The third-order valence-electron chi connectivity index (χ3n) is 3.07. The van der Waals surface area contributed by atoms with E-state index < -0.39 is 37.2 Å². The quantitative estimate of drug-likeness (QED) is 0.505. The van der Waals surface area contributed by atoms with E-state index in [2.05, 4.69) is 5.32 Å². The van der Waals surface area contributed by atoms with Crippen molar-refractivity contribution in [2.75, 3.05) is 23.2 Å². The number of halogens is 2. The summed E-state index contributed by atoms with van der Waals surface area (Å²) in [6.07, 6.45) is 0. The van der Waals surface area contributed by atoms with Crippen LogP contribution in [-0.4, -0.2) is 31.6 Å². The van der Waals surface area contributed by atoms with Gasteiger partial charge in [-0.15, -0.1) is 0 Å². The van der Waals surface area contributed by atoms with Gasteiger partial charge in [0, 0.05) is 18.7 Å². The van der Waals surface area contributed by atoms with Crippen LogP contribution in [0, 0.1) is 21.7 Å². The summed E-state index contributed by atoms with van der Waals surface area (Å²) in [5, 5.41) is 22.4. The highest BCUT2D eigenvalue weighted by atomic mass is 32.2. The molecule has 3 N–H and O–H groups in total. The summed E-state index contributed by atoms with van der Waals surface area (Å²) in [5.74, 6) is -2.61. The van der Waals surface area contributed by atoms with Crippen LogP contribution in [0.15, 0.2) is 41.3 Å². The first kappa shape index (κ1) is 18.5. The Morgan fingerprint density at radius 1 is 1.12 bits per heavy atom. The molecule has 0 amide bonds. The zero-order chi connectivity index (χ0) is 18.6. The van der Waals surface area contributed by atoms with Crippen LogP contribution in [0.25, 0.3) is 0 Å². The Morgan fingerprint density at radius 2 is 1.76 bits per heavy atom. The molecule has 2 rings (SSSR count). The van der Waals surface area contributed by atoms with Gasteiger partial charge in [0.2, 0.25) is 0 Å². The molecule has 0 heterocycles. The van der Waals surface area contributed by atoms with Crippen LogP contribution in [-0.2, 0) is 10.0 Å². The first-order valence-corrected chi connectivity index (χ1v) is 8.34. The highest BCUT2D eigenvalue weighted by Crippen LogP contribution is 2.30. The van der Waals surface area contributed by atoms with Crippen molar-refractivity contribution in [2.45, 2.75) is 4.90 Å². The maximum absolute atomic E-state index is 13.7. The van der Waals surface area contributed by atoms with Gasteiger partial charge in [0.25, 0.3) is 15.7 Å². The summed E-state index contributed by atoms with van der Waals surface area (Å²) in [7, 11) is -4.69. The Balaban J connectivity index is 2.49. The number of sulfonamides is 1. The molecular weight excluding hydrogens is 360 g/mol. The molecule has 0 aromatic heterocycles. The SMILES string of the molecule is O=[N+]([O-])c1ccc(NCCO)c(NS(=O)(=O)c2c(F)cccc2F)c1. The summed E-state index contributed by atoms with van der Waals surface area (Å²) in [6, 6.07) is 5.78. The van der Waals surface area contributed by atoms with E-state index in [0.29, 0.717) is 0 Å². The first-order chi connectivity index (χ1) is 11.8. The number of nitrogens with one attached hydrogen (secondary N) is 2. The van der Waals surface area contributed by atoms with Crippen LogP contribution < -0.4 is 10.0 Å². The molecule has 0 fully saturated rings. The van der Waals surface area contributed by atoms with Crippen molar-refractivity contribution in [1.29, 1.82) is 0 Å². The number of rotatable bonds is 7. The molecule has 0 aliphatic carbocycles. The Hall–Kier alpha value is -2.79. The largest absolute Gasteiger partial charge is 0.395 e. The minimum absolute atomic E-state index is 0.0284. The van der Waals surface area contributed by atoms with Crippen LogP contribution in [0.2, 0.25) is 0 Å². The van der Waals surface area contributed by atoms with Gasteiger partial charge in [0.1, 0.15) is 11.6 Å². The van der Waals surface area contributed by atoms with Crippen molar-refractivity contribution in [3.63, 3.8) is 0 Å². The van der Waals surface area contributed by atoms with Crippen molar-refractivity contribution in [3.8, 4) is 0 Å². The number of nitro groups is 1. The maximum Gasteiger partial charge on any atom is 0.271 e. The lowest BCUT2D eigenvalue weighted by molar-refractivity contribution is -0.384. The minimum Gasteiger partial charge on any atom is -0.395 e. The number of hydrogen-bond donors (Lipinski definition) is 3. The highest BCUT2D eigenvalue weighted by molar-refractivity contribution is 7.92. The van der Waals surface area contributed by atoms with Crippen LogP contribution in [0.5, 0.6) is 0 Å². The lowest BCUT2D eigenvalue weighted by atomic mass is 10.2. The Kier molecular flexibility index (Phi) is 5.49. The van der Waals surface area contributed by atoms with Gasteiger partial charge in [-0.25, -0.2) is 17.2 Å². The molecule has 11 heteroatoms. The van der Waals surface area contributed by atoms with Gasteiger partial charge < -0.3 is 10.4 Å². The number of non-ortho nitro benzene ring substituents is 1. The molecular formula is C14H13F2N3O5S. The van der Waals surface area contributed by atoms with Gasteiger partial charge in [0.05, 0.1) is 22.9 Å². The number of aliphatic hydroxyl groups excluding tert-OH is 1. The third-order valence-corrected chi connectivity index (χ3v) is 4.49. The van der Waals surface area contributed by atoms with Crippen molar-refractivity contribution in [2.24, 2.45) is 0 Å². The van der Waals surface area contributed by atoms with E-state index in [9.17, 15) is 27.3 Å². The fraction of sp³-hybridized carbons (Fsp3) is 0.143. The van der Waals surface area contributed by atoms with Gasteiger partial charge in [0.15, 0.2) is 4.90 Å². The molecule has 8 nitrogen and oxygen atoms in total. The Labute approximate surface area is 141 Å². The van der Waals surface area contributed by atoms with Gasteiger partial charge >= 0.3 is 0 Å². The molecule has 2 aromatic carbocycles. The Morgan fingerprint density at radius 3 is 2.32 bits per heavy atom. The normalized spacial score (nSPS) is 11.2. The predicted octanol–water partition coefficient (Wildman–Crippen LogP) is 2.08. The lowest BCUT2D eigenvalue weighted by Gasteiger charge is -2.14. The molecule has 25 heavy (non-hydrogen) atoms. The lowest BCUT2D eigenvalue weighted by Crippen LogP contribution is -2.18. The van der Waals surface area contributed by atoms with Crippen molar-refractivity contribution < 1.29 is 27.2 Å². The summed E-state index contributed by atoms with van der Waals surface area (Å²) in [4.78, 5) is 8.92. The number of hydrogen-bond acceptors (Lipinski definition) is 6. The summed E-state index contributed by atoms with van der Waals surface area (Å²) < 4.78 is 54.0. The molecule has 0 radical (unpaired) electrons. The van der Waals surface area contributed by atoms with E-state index in [4.69, 9.17) is 5.11 Å². The van der Waals surface area contributed by atoms with Crippen molar-refractivity contribution in [3.05, 3.63) is 58.1 Å². The van der Waals surface area contributed by atoms with E-state index in [1.807, 2.05) is 4.72 Å². The number of anilines is 2. The zero-order valence-electron chi connectivity index (χ0n) is 12.6. The summed E-state index contributed by atoms with van der Waals surface area (Å²) in [5.41, 5.74) is -0.619. The van der Waals surface area contributed by atoms with Gasteiger partial charge in [-0.2, -0.15) is 0 Å². The molecule has 0 spiro atoms. The molecule has 2 aromatic rings. The predicted molar refractivity (Wildman–Crippen MR) is 85.8 cm³/mol. The second-order valence-electron chi connectivity index (χ2n) is 4.79. The number of nitro benzene ring substituents is 1. The number of nitrogens with zero attached hydrogens (tertiary/aromatic N) is 1. The molecule has 134 valence electrons. The molecule has 0 saturated carbocycles. The fourth-order valence-corrected chi connectivity index (χ4v) is 3.22. The van der Waals surface area contributed by atoms with Gasteiger partial charge in [-0.05, 0) is 18.2 Å².